The Bertz CT molecular complexity index is 1550. The first kappa shape index (κ1) is 22.8. The highest BCUT2D eigenvalue weighted by Crippen LogP contribution is 2.41. The molecule has 3 aromatic carbocycles. The maximum absolute atomic E-state index is 12.0. The summed E-state index contributed by atoms with van der Waals surface area (Å²) in [7, 11) is 0. The van der Waals surface area contributed by atoms with Crippen molar-refractivity contribution in [2.75, 3.05) is 6.79 Å². The lowest BCUT2D eigenvalue weighted by molar-refractivity contribution is 0.174. The summed E-state index contributed by atoms with van der Waals surface area (Å²) in [6.45, 7) is 0.135. The van der Waals surface area contributed by atoms with Crippen molar-refractivity contribution in [1.82, 2.24) is 14.8 Å². The van der Waals surface area contributed by atoms with Crippen molar-refractivity contribution in [3.63, 3.8) is 0 Å². The second kappa shape index (κ2) is 8.99. The van der Waals surface area contributed by atoms with Gasteiger partial charge in [-0.25, -0.2) is 4.79 Å². The highest BCUT2D eigenvalue weighted by atomic mass is 35.5. The standard InChI is InChI=1S/C23H16Cl2N4O6/c24-15-6-12(29-23(32)28-20(31)9-27-29)7-16(25)22(15)35-13-2-3-17(30)14(8-13)21(26)11-1-4-18-19(5-11)34-10-33-18/h1-9,21,30H,10,26H2,(H,28,31,32). The lowest BCUT2D eigenvalue weighted by Crippen LogP contribution is -2.30. The quantitative estimate of drug-likeness (QED) is 0.367. The maximum Gasteiger partial charge on any atom is 0.349 e. The number of rotatable bonds is 5. The third kappa shape index (κ3) is 4.42. The number of hydrogen-bond donors (Lipinski definition) is 3. The minimum atomic E-state index is -0.751. The number of phenols is 1. The van der Waals surface area contributed by atoms with E-state index < -0.39 is 17.3 Å². The summed E-state index contributed by atoms with van der Waals surface area (Å²) in [5.41, 5.74) is 6.35. The van der Waals surface area contributed by atoms with Crippen LogP contribution in [0.1, 0.15) is 17.2 Å². The SMILES string of the molecule is NC(c1ccc2c(c1)OCO2)c1cc(Oc2c(Cl)cc(-n3ncc(=O)[nH]c3=O)cc2Cl)ccc1O. The maximum atomic E-state index is 12.0. The Morgan fingerprint density at radius 2 is 1.80 bits per heavy atom. The van der Waals surface area contributed by atoms with Crippen LogP contribution in [-0.4, -0.2) is 26.7 Å². The molecule has 1 atom stereocenters. The summed E-state index contributed by atoms with van der Waals surface area (Å²) < 4.78 is 17.6. The Labute approximate surface area is 207 Å². The van der Waals surface area contributed by atoms with Crippen molar-refractivity contribution in [3.8, 4) is 34.4 Å². The van der Waals surface area contributed by atoms with Crippen molar-refractivity contribution in [1.29, 1.82) is 0 Å². The second-order valence-electron chi connectivity index (χ2n) is 7.50. The molecule has 0 bridgehead atoms. The molecule has 0 saturated carbocycles. The van der Waals surface area contributed by atoms with Gasteiger partial charge in [-0.3, -0.25) is 9.78 Å². The summed E-state index contributed by atoms with van der Waals surface area (Å²) >= 11 is 12.8. The largest absolute Gasteiger partial charge is 0.508 e. The molecule has 0 spiro atoms. The number of benzene rings is 3. The zero-order valence-corrected chi connectivity index (χ0v) is 19.2. The molecule has 0 saturated heterocycles. The number of H-pyrrole nitrogens is 1. The van der Waals surface area contributed by atoms with Crippen molar-refractivity contribution >= 4 is 23.2 Å². The number of phenolic OH excluding ortho intramolecular Hbond substituents is 1. The third-order valence-corrected chi connectivity index (χ3v) is 5.81. The fraction of sp³-hybridized carbons (Fsp3) is 0.0870. The van der Waals surface area contributed by atoms with Gasteiger partial charge in [-0.05, 0) is 48.0 Å². The predicted octanol–water partition coefficient (Wildman–Crippen LogP) is 3.50. The number of nitrogens with two attached hydrogens (primary N) is 1. The average molecular weight is 515 g/mol. The Kier molecular flexibility index (Phi) is 5.85. The van der Waals surface area contributed by atoms with E-state index in [1.54, 1.807) is 24.3 Å². The molecule has 1 unspecified atom stereocenters. The van der Waals surface area contributed by atoms with Crippen LogP contribution in [0.3, 0.4) is 0 Å². The number of aromatic amines is 1. The molecule has 0 amide bonds. The van der Waals surface area contributed by atoms with Crippen LogP contribution in [0.25, 0.3) is 5.69 Å². The van der Waals surface area contributed by atoms with E-state index in [0.717, 1.165) is 10.9 Å². The molecular formula is C23H16Cl2N4O6. The number of nitrogens with one attached hydrogen (secondary N) is 1. The Morgan fingerprint density at radius 1 is 1.06 bits per heavy atom. The van der Waals surface area contributed by atoms with Crippen LogP contribution in [0, 0.1) is 0 Å². The zero-order chi connectivity index (χ0) is 24.7. The van der Waals surface area contributed by atoms with E-state index >= 15 is 0 Å². The fourth-order valence-corrected chi connectivity index (χ4v) is 4.11. The van der Waals surface area contributed by atoms with Crippen LogP contribution in [0.2, 0.25) is 10.0 Å². The predicted molar refractivity (Wildman–Crippen MR) is 127 cm³/mol. The first-order valence-corrected chi connectivity index (χ1v) is 10.9. The summed E-state index contributed by atoms with van der Waals surface area (Å²) in [5.74, 6) is 1.58. The van der Waals surface area contributed by atoms with Crippen molar-refractivity contribution in [2.24, 2.45) is 5.73 Å². The molecule has 0 aliphatic carbocycles. The van der Waals surface area contributed by atoms with Gasteiger partial charge in [0.1, 0.15) is 17.7 Å². The van der Waals surface area contributed by atoms with E-state index in [1.165, 1.54) is 24.3 Å². The molecule has 1 aliphatic heterocycles. The van der Waals surface area contributed by atoms with Crippen LogP contribution in [0.4, 0.5) is 0 Å². The van der Waals surface area contributed by atoms with Crippen LogP contribution >= 0.6 is 23.2 Å². The summed E-state index contributed by atoms with van der Waals surface area (Å²) in [5, 5.41) is 14.4. The van der Waals surface area contributed by atoms with Crippen molar-refractivity contribution in [3.05, 3.63) is 96.7 Å². The lowest BCUT2D eigenvalue weighted by Gasteiger charge is -2.17. The van der Waals surface area contributed by atoms with E-state index in [2.05, 4.69) is 10.1 Å². The molecule has 2 heterocycles. The molecule has 10 nitrogen and oxygen atoms in total. The Morgan fingerprint density at radius 3 is 2.54 bits per heavy atom. The molecule has 178 valence electrons. The number of nitrogens with zero attached hydrogens (tertiary/aromatic N) is 2. The van der Waals surface area contributed by atoms with Crippen LogP contribution in [-0.2, 0) is 0 Å². The molecule has 4 aromatic rings. The molecule has 1 aliphatic rings. The first-order valence-electron chi connectivity index (χ1n) is 10.1. The van der Waals surface area contributed by atoms with Gasteiger partial charge in [0.05, 0.1) is 21.8 Å². The van der Waals surface area contributed by atoms with Gasteiger partial charge in [-0.1, -0.05) is 29.3 Å². The smallest absolute Gasteiger partial charge is 0.349 e. The van der Waals surface area contributed by atoms with Gasteiger partial charge in [-0.15, -0.1) is 0 Å². The number of ether oxygens (including phenoxy) is 3. The zero-order valence-electron chi connectivity index (χ0n) is 17.7. The first-order chi connectivity index (χ1) is 16.8. The van der Waals surface area contributed by atoms with Gasteiger partial charge >= 0.3 is 5.69 Å². The van der Waals surface area contributed by atoms with Gasteiger partial charge in [0.25, 0.3) is 5.56 Å². The summed E-state index contributed by atoms with van der Waals surface area (Å²) in [6.07, 6.45) is 0.953. The summed E-state index contributed by atoms with van der Waals surface area (Å²) in [4.78, 5) is 25.4. The summed E-state index contributed by atoms with van der Waals surface area (Å²) in [6, 6.07) is 11.9. The molecule has 0 radical (unpaired) electrons. The number of aromatic hydroxyl groups is 1. The normalized spacial score (nSPS) is 13.0. The van der Waals surface area contributed by atoms with Crippen LogP contribution < -0.4 is 31.2 Å². The third-order valence-electron chi connectivity index (χ3n) is 5.25. The van der Waals surface area contributed by atoms with E-state index in [1.807, 2.05) is 0 Å². The van der Waals surface area contributed by atoms with E-state index in [9.17, 15) is 14.7 Å². The Balaban J connectivity index is 1.45. The van der Waals surface area contributed by atoms with E-state index in [4.69, 9.17) is 43.1 Å². The van der Waals surface area contributed by atoms with Crippen LogP contribution in [0.15, 0.2) is 64.3 Å². The van der Waals surface area contributed by atoms with Gasteiger partial charge in [-0.2, -0.15) is 9.78 Å². The Hall–Kier alpha value is -3.99. The minimum Gasteiger partial charge on any atom is -0.508 e. The van der Waals surface area contributed by atoms with Crippen molar-refractivity contribution < 1.29 is 19.3 Å². The fourth-order valence-electron chi connectivity index (χ4n) is 3.55. The molecule has 35 heavy (non-hydrogen) atoms. The molecule has 1 aromatic heterocycles. The van der Waals surface area contributed by atoms with Gasteiger partial charge < -0.3 is 25.1 Å². The van der Waals surface area contributed by atoms with E-state index in [-0.39, 0.29) is 34.0 Å². The van der Waals surface area contributed by atoms with Crippen molar-refractivity contribution in [2.45, 2.75) is 6.04 Å². The molecule has 12 heteroatoms. The topological polar surface area (TPSA) is 142 Å². The highest BCUT2D eigenvalue weighted by Gasteiger charge is 2.20. The molecule has 4 N–H and O–H groups in total. The van der Waals surface area contributed by atoms with E-state index in [0.29, 0.717) is 28.4 Å². The monoisotopic (exact) mass is 514 g/mol. The average Bonchev–Trinajstić information content (AvgIpc) is 3.30. The molecular weight excluding hydrogens is 499 g/mol. The lowest BCUT2D eigenvalue weighted by atomic mass is 9.98. The highest BCUT2D eigenvalue weighted by molar-refractivity contribution is 6.37. The minimum absolute atomic E-state index is 0.0291. The second-order valence-corrected chi connectivity index (χ2v) is 8.32. The number of halogens is 2. The molecule has 5 rings (SSSR count). The number of fused-ring (bicyclic) bond motifs is 1. The van der Waals surface area contributed by atoms with Gasteiger partial charge in [0, 0.05) is 5.56 Å². The van der Waals surface area contributed by atoms with Crippen LogP contribution in [0.5, 0.6) is 28.7 Å². The van der Waals surface area contributed by atoms with Gasteiger partial charge in [0.2, 0.25) is 6.79 Å². The number of hydrogen-bond acceptors (Lipinski definition) is 8. The van der Waals surface area contributed by atoms with Gasteiger partial charge in [0.15, 0.2) is 17.2 Å². The molecule has 0 fully saturated rings. The number of aromatic nitrogens is 3.